The Morgan fingerprint density at radius 2 is 1.94 bits per heavy atom. The maximum Gasteiger partial charge on any atom is 0.159 e. The number of aromatic amines is 2. The topological polar surface area (TPSA) is 85.5 Å². The van der Waals surface area contributed by atoms with Crippen LogP contribution in [0.15, 0.2) is 90.5 Å². The van der Waals surface area contributed by atoms with Crippen LogP contribution in [0.4, 0.5) is 4.39 Å². The average Bonchev–Trinajstić information content (AvgIpc) is 3.68. The molecule has 0 amide bonds. The molecule has 1 fully saturated rings. The standard InChI is InChI=1S/C40H48FN7/c1-8-30(25-34(9-2)43-28(5)31-15-11-10-12-16-31)26(3)17-18-35-27(4)37(47-46-35)40-44-36-19-20-42-38(39(36)45-40)32-22-29(23-33(41)24-32)14-13-21-48(6)7/h8-9,17-20,22-25,31,43,46H,2,4-5,10-16,21H2,1,3,6-7H3,(H,44,45)/b26-17+,30-8+,34-25+,35-18+. The van der Waals surface area contributed by atoms with Crippen LogP contribution in [-0.4, -0.2) is 50.7 Å². The average molecular weight is 646 g/mol. The normalized spacial score (nSPS) is 15.5. The van der Waals surface area contributed by atoms with E-state index in [4.69, 9.17) is 4.98 Å². The maximum atomic E-state index is 14.7. The third kappa shape index (κ3) is 8.36. The van der Waals surface area contributed by atoms with E-state index in [2.05, 4.69) is 75.3 Å². The van der Waals surface area contributed by atoms with Gasteiger partial charge in [0.05, 0.1) is 16.6 Å². The molecule has 0 saturated heterocycles. The fourth-order valence-corrected chi connectivity index (χ4v) is 6.28. The Hall–Kier alpha value is -4.82. The van der Waals surface area contributed by atoms with Gasteiger partial charge in [0.25, 0.3) is 0 Å². The summed E-state index contributed by atoms with van der Waals surface area (Å²) in [6.07, 6.45) is 19.7. The minimum Gasteiger partial charge on any atom is -0.359 e. The van der Waals surface area contributed by atoms with Crippen molar-refractivity contribution in [2.75, 3.05) is 20.6 Å². The minimum absolute atomic E-state index is 0.281. The first kappa shape index (κ1) is 34.5. The van der Waals surface area contributed by atoms with Crippen LogP contribution in [0, 0.1) is 11.7 Å². The summed E-state index contributed by atoms with van der Waals surface area (Å²) in [6.45, 7) is 17.7. The third-order valence-corrected chi connectivity index (χ3v) is 9.03. The van der Waals surface area contributed by atoms with Crippen molar-refractivity contribution < 1.29 is 4.39 Å². The second-order valence-corrected chi connectivity index (χ2v) is 12.9. The Morgan fingerprint density at radius 3 is 2.67 bits per heavy atom. The highest BCUT2D eigenvalue weighted by Crippen LogP contribution is 2.29. The van der Waals surface area contributed by atoms with Crippen LogP contribution in [0.25, 0.3) is 46.5 Å². The molecule has 48 heavy (non-hydrogen) atoms. The number of benzene rings is 1. The lowest BCUT2D eigenvalue weighted by Crippen LogP contribution is -2.21. The van der Waals surface area contributed by atoms with Crippen molar-refractivity contribution in [2.45, 2.75) is 58.8 Å². The number of fused-ring (bicyclic) bond motifs is 1. The maximum absolute atomic E-state index is 14.7. The fraction of sp³-hybridized carbons (Fsp3) is 0.325. The van der Waals surface area contributed by atoms with E-state index in [0.717, 1.165) is 63.6 Å². The Kier molecular flexibility index (Phi) is 11.4. The molecule has 1 aliphatic rings. The van der Waals surface area contributed by atoms with Crippen molar-refractivity contribution >= 4 is 23.7 Å². The Morgan fingerprint density at radius 1 is 1.15 bits per heavy atom. The molecule has 5 rings (SSSR count). The summed E-state index contributed by atoms with van der Waals surface area (Å²) in [5, 5.41) is 12.7. The number of hydrogen-bond donors (Lipinski definition) is 3. The molecule has 1 aliphatic carbocycles. The van der Waals surface area contributed by atoms with E-state index in [0.29, 0.717) is 34.2 Å². The van der Waals surface area contributed by atoms with Crippen LogP contribution in [-0.2, 0) is 6.42 Å². The predicted molar refractivity (Wildman–Crippen MR) is 198 cm³/mol. The molecule has 4 aromatic rings. The van der Waals surface area contributed by atoms with E-state index < -0.39 is 0 Å². The van der Waals surface area contributed by atoms with Crippen LogP contribution in [0.3, 0.4) is 0 Å². The molecule has 0 spiro atoms. The van der Waals surface area contributed by atoms with Gasteiger partial charge in [-0.25, -0.2) is 9.37 Å². The highest BCUT2D eigenvalue weighted by molar-refractivity contribution is 5.91. The number of pyridine rings is 1. The molecule has 8 heteroatoms. The summed E-state index contributed by atoms with van der Waals surface area (Å²) < 4.78 is 14.7. The summed E-state index contributed by atoms with van der Waals surface area (Å²) in [6, 6.07) is 6.99. The van der Waals surface area contributed by atoms with Crippen molar-refractivity contribution in [3.8, 4) is 22.8 Å². The molecule has 1 saturated carbocycles. The van der Waals surface area contributed by atoms with E-state index in [1.165, 1.54) is 38.2 Å². The van der Waals surface area contributed by atoms with Crippen molar-refractivity contribution in [3.05, 3.63) is 112 Å². The molecule has 0 bridgehead atoms. The van der Waals surface area contributed by atoms with Crippen LogP contribution in [0.2, 0.25) is 0 Å². The first-order valence-electron chi connectivity index (χ1n) is 16.8. The van der Waals surface area contributed by atoms with E-state index in [1.807, 2.05) is 45.3 Å². The van der Waals surface area contributed by atoms with Gasteiger partial charge >= 0.3 is 0 Å². The van der Waals surface area contributed by atoms with Crippen LogP contribution in [0.1, 0.15) is 57.9 Å². The number of aryl methyl sites for hydroxylation is 1. The lowest BCUT2D eigenvalue weighted by atomic mass is 9.87. The molecular weight excluding hydrogens is 597 g/mol. The van der Waals surface area contributed by atoms with E-state index in [-0.39, 0.29) is 5.82 Å². The molecule has 250 valence electrons. The number of rotatable bonds is 13. The highest BCUT2D eigenvalue weighted by Gasteiger charge is 2.17. The zero-order chi connectivity index (χ0) is 34.2. The van der Waals surface area contributed by atoms with Crippen molar-refractivity contribution in [2.24, 2.45) is 5.92 Å². The summed E-state index contributed by atoms with van der Waals surface area (Å²) in [4.78, 5) is 15.0. The summed E-state index contributed by atoms with van der Waals surface area (Å²) in [7, 11) is 4.08. The monoisotopic (exact) mass is 645 g/mol. The van der Waals surface area contributed by atoms with Crippen LogP contribution < -0.4 is 15.9 Å². The van der Waals surface area contributed by atoms with E-state index in [9.17, 15) is 4.39 Å². The van der Waals surface area contributed by atoms with Crippen molar-refractivity contribution in [3.63, 3.8) is 0 Å². The van der Waals surface area contributed by atoms with Crippen molar-refractivity contribution in [1.82, 2.24) is 35.4 Å². The SMILES string of the molecule is C=C\C(=C/C(=C\C)C(/C)=C/C=c1/[nH]nc(-c2nc3c(-c4cc(F)cc(CCCN(C)C)c4)nccc3[nH]2)c1=C)NC(=C)C1CCCCC1. The van der Waals surface area contributed by atoms with Gasteiger partial charge in [-0.2, -0.15) is 5.10 Å². The quantitative estimate of drug-likeness (QED) is 0.131. The fourth-order valence-electron chi connectivity index (χ4n) is 6.28. The molecule has 0 unspecified atom stereocenters. The smallest absolute Gasteiger partial charge is 0.159 e. The first-order chi connectivity index (χ1) is 23.2. The third-order valence-electron chi connectivity index (χ3n) is 9.03. The molecule has 3 aromatic heterocycles. The number of nitrogens with zero attached hydrogens (tertiary/aromatic N) is 4. The zero-order valence-electron chi connectivity index (χ0n) is 28.8. The Bertz CT molecular complexity index is 1980. The van der Waals surface area contributed by atoms with Gasteiger partial charge < -0.3 is 15.2 Å². The van der Waals surface area contributed by atoms with Gasteiger partial charge in [0, 0.05) is 28.4 Å². The molecule has 0 radical (unpaired) electrons. The molecular formula is C40H48FN7. The number of aromatic nitrogens is 5. The van der Waals surface area contributed by atoms with Gasteiger partial charge in [-0.1, -0.05) is 51.2 Å². The largest absolute Gasteiger partial charge is 0.359 e. The highest BCUT2D eigenvalue weighted by atomic mass is 19.1. The van der Waals surface area contributed by atoms with Gasteiger partial charge in [-0.05, 0) is 125 Å². The summed E-state index contributed by atoms with van der Waals surface area (Å²) >= 11 is 0. The molecule has 7 nitrogen and oxygen atoms in total. The second-order valence-electron chi connectivity index (χ2n) is 12.9. The molecule has 0 atom stereocenters. The number of hydrogen-bond acceptors (Lipinski definition) is 5. The lowest BCUT2D eigenvalue weighted by Gasteiger charge is -2.25. The molecule has 3 N–H and O–H groups in total. The number of imidazole rings is 1. The number of halogens is 1. The molecule has 1 aromatic carbocycles. The van der Waals surface area contributed by atoms with Crippen molar-refractivity contribution in [1.29, 1.82) is 0 Å². The van der Waals surface area contributed by atoms with Gasteiger partial charge in [0.1, 0.15) is 17.0 Å². The predicted octanol–water partition coefficient (Wildman–Crippen LogP) is 7.49. The number of H-pyrrole nitrogens is 2. The van der Waals surface area contributed by atoms with E-state index in [1.54, 1.807) is 12.3 Å². The Labute approximate surface area is 283 Å². The molecule has 3 heterocycles. The lowest BCUT2D eigenvalue weighted by molar-refractivity contribution is 0.393. The summed E-state index contributed by atoms with van der Waals surface area (Å²) in [5.41, 5.74) is 8.48. The van der Waals surface area contributed by atoms with Gasteiger partial charge in [-0.3, -0.25) is 10.1 Å². The first-order valence-corrected chi connectivity index (χ1v) is 16.8. The number of nitrogens with one attached hydrogen (secondary N) is 3. The van der Waals surface area contributed by atoms with Gasteiger partial charge in [-0.15, -0.1) is 0 Å². The second kappa shape index (κ2) is 15.8. The zero-order valence-corrected chi connectivity index (χ0v) is 28.8. The van der Waals surface area contributed by atoms with E-state index >= 15 is 0 Å². The van der Waals surface area contributed by atoms with Crippen LogP contribution >= 0.6 is 0 Å². The van der Waals surface area contributed by atoms with Gasteiger partial charge in [0.15, 0.2) is 5.82 Å². The van der Waals surface area contributed by atoms with Crippen LogP contribution in [0.5, 0.6) is 0 Å². The van der Waals surface area contributed by atoms with Gasteiger partial charge in [0.2, 0.25) is 0 Å². The molecule has 0 aliphatic heterocycles. The number of allylic oxidation sites excluding steroid dienone is 7. The summed E-state index contributed by atoms with van der Waals surface area (Å²) in [5.74, 6) is 0.801. The Balaban J connectivity index is 1.38. The minimum atomic E-state index is -0.281.